The third-order valence-corrected chi connectivity index (χ3v) is 9.27. The minimum atomic E-state index is -4.14. The van der Waals surface area contributed by atoms with Crippen LogP contribution in [-0.2, 0) is 26.8 Å². The van der Waals surface area contributed by atoms with Gasteiger partial charge in [0, 0.05) is 29.0 Å². The molecule has 0 radical (unpaired) electrons. The maximum absolute atomic E-state index is 14.0. The van der Waals surface area contributed by atoms with Gasteiger partial charge in [-0.2, -0.15) is 21.4 Å². The molecule has 0 bridgehead atoms. The van der Waals surface area contributed by atoms with Gasteiger partial charge in [-0.15, -0.1) is 0 Å². The zero-order chi connectivity index (χ0) is 25.4. The monoisotopic (exact) mass is 579 g/mol. The highest BCUT2D eigenvalue weighted by Crippen LogP contribution is 2.47. The average Bonchev–Trinajstić information content (AvgIpc) is 3.24. The molecule has 0 aliphatic carbocycles. The van der Waals surface area contributed by atoms with Crippen LogP contribution in [0.1, 0.15) is 17.8 Å². The second-order valence-corrected chi connectivity index (χ2v) is 13.5. The smallest absolute Gasteiger partial charge is 0.265 e. The van der Waals surface area contributed by atoms with E-state index in [2.05, 4.69) is 0 Å². The maximum atomic E-state index is 14.0. The number of fused-ring (bicyclic) bond motifs is 2. The Morgan fingerprint density at radius 2 is 1.74 bits per heavy atom. The summed E-state index contributed by atoms with van der Waals surface area (Å²) in [4.78, 5) is 2.60. The first-order valence-electron chi connectivity index (χ1n) is 10.4. The zero-order valence-electron chi connectivity index (χ0n) is 18.1. The zero-order valence-corrected chi connectivity index (χ0v) is 22.1. The Labute approximate surface area is 215 Å². The van der Waals surface area contributed by atoms with E-state index >= 15 is 0 Å². The highest BCUT2D eigenvalue weighted by molar-refractivity contribution is 8.03. The fourth-order valence-corrected chi connectivity index (χ4v) is 7.18. The van der Waals surface area contributed by atoms with E-state index in [4.69, 9.17) is 20.7 Å². The first-order valence-corrected chi connectivity index (χ1v) is 15.6. The Morgan fingerprint density at radius 3 is 2.46 bits per heavy atom. The minimum absolute atomic E-state index is 0.128. The Balaban J connectivity index is 1.73. The molecule has 3 aromatic rings. The van der Waals surface area contributed by atoms with Crippen LogP contribution in [0.25, 0.3) is 16.3 Å². The van der Waals surface area contributed by atoms with Gasteiger partial charge in [-0.1, -0.05) is 34.7 Å². The largest absolute Gasteiger partial charge is 0.335 e. The molecule has 2 heterocycles. The number of benzene rings is 2. The van der Waals surface area contributed by atoms with Crippen LogP contribution in [0.2, 0.25) is 5.02 Å². The van der Waals surface area contributed by atoms with Crippen LogP contribution in [0.4, 0.5) is 10.1 Å². The van der Waals surface area contributed by atoms with Gasteiger partial charge in [0.25, 0.3) is 25.2 Å². The lowest BCUT2D eigenvalue weighted by Gasteiger charge is -2.19. The lowest BCUT2D eigenvalue weighted by molar-refractivity contribution is -0.668. The fraction of sp³-hybridized carbons (Fsp3) is 0.286. The van der Waals surface area contributed by atoms with Crippen molar-refractivity contribution in [2.45, 2.75) is 24.3 Å². The highest BCUT2D eigenvalue weighted by atomic mass is 35.5. The second kappa shape index (κ2) is 10.3. The van der Waals surface area contributed by atoms with Crippen LogP contribution >= 0.6 is 34.7 Å². The first kappa shape index (κ1) is 26.3. The van der Waals surface area contributed by atoms with E-state index < -0.39 is 37.6 Å². The SMILES string of the molecule is O=S(=O)(O)CCCN1/C(=C/c2sc3ccc(Cl)cc3[n+]2CCCS(=O)(=O)O)Sc2ccc(F)cc21. The molecule has 0 atom stereocenters. The number of aromatic nitrogens is 1. The molecular formula is C21H21ClFN2O6S4+. The molecule has 35 heavy (non-hydrogen) atoms. The maximum Gasteiger partial charge on any atom is 0.265 e. The number of nitrogens with zero attached hydrogens (tertiary/aromatic N) is 2. The van der Waals surface area contributed by atoms with Crippen LogP contribution in [0.5, 0.6) is 0 Å². The number of hydrogen-bond acceptors (Lipinski definition) is 7. The number of thioether (sulfide) groups is 1. The van der Waals surface area contributed by atoms with E-state index in [-0.39, 0.29) is 19.4 Å². The summed E-state index contributed by atoms with van der Waals surface area (Å²) in [7, 11) is -8.25. The quantitative estimate of drug-likeness (QED) is 0.282. The summed E-state index contributed by atoms with van der Waals surface area (Å²) in [6.07, 6.45) is 2.18. The van der Waals surface area contributed by atoms with Gasteiger partial charge in [0.15, 0.2) is 6.54 Å². The van der Waals surface area contributed by atoms with Crippen molar-refractivity contribution < 1.29 is 34.9 Å². The fourth-order valence-electron chi connectivity index (χ4n) is 3.74. The third-order valence-electron chi connectivity index (χ3n) is 5.20. The minimum Gasteiger partial charge on any atom is -0.335 e. The molecule has 2 aromatic carbocycles. The van der Waals surface area contributed by atoms with Gasteiger partial charge in [-0.05, 0) is 36.8 Å². The van der Waals surface area contributed by atoms with Gasteiger partial charge in [0.2, 0.25) is 5.52 Å². The molecule has 2 N–H and O–H groups in total. The molecule has 188 valence electrons. The molecule has 4 rings (SSSR count). The van der Waals surface area contributed by atoms with Crippen LogP contribution in [0.15, 0.2) is 46.3 Å². The molecule has 0 saturated heterocycles. The molecular weight excluding hydrogens is 559 g/mol. The van der Waals surface area contributed by atoms with E-state index in [0.29, 0.717) is 17.3 Å². The molecule has 0 spiro atoms. The van der Waals surface area contributed by atoms with Gasteiger partial charge < -0.3 is 4.90 Å². The van der Waals surface area contributed by atoms with Gasteiger partial charge >= 0.3 is 0 Å². The van der Waals surface area contributed by atoms with E-state index in [1.165, 1.54) is 35.2 Å². The van der Waals surface area contributed by atoms with Gasteiger partial charge in [0.05, 0.1) is 28.3 Å². The molecule has 1 aromatic heterocycles. The molecule has 0 amide bonds. The van der Waals surface area contributed by atoms with Crippen LogP contribution < -0.4 is 9.47 Å². The van der Waals surface area contributed by atoms with Crippen LogP contribution in [-0.4, -0.2) is 44.0 Å². The summed E-state index contributed by atoms with van der Waals surface area (Å²) in [5, 5.41) is 2.01. The van der Waals surface area contributed by atoms with Crippen LogP contribution in [0, 0.1) is 5.82 Å². The highest BCUT2D eigenvalue weighted by Gasteiger charge is 2.29. The van der Waals surface area contributed by atoms with Crippen molar-refractivity contribution >= 4 is 76.9 Å². The molecule has 1 aliphatic rings. The summed E-state index contributed by atoms with van der Waals surface area (Å²) < 4.78 is 79.9. The molecule has 1 aliphatic heterocycles. The van der Waals surface area contributed by atoms with Gasteiger partial charge in [-0.25, -0.2) is 4.39 Å². The van der Waals surface area contributed by atoms with Crippen molar-refractivity contribution in [3.8, 4) is 0 Å². The summed E-state index contributed by atoms with van der Waals surface area (Å²) in [5.74, 6) is -1.25. The first-order chi connectivity index (χ1) is 16.4. The van der Waals surface area contributed by atoms with Gasteiger partial charge in [0.1, 0.15) is 10.5 Å². The lowest BCUT2D eigenvalue weighted by Crippen LogP contribution is -2.36. The summed E-state index contributed by atoms with van der Waals surface area (Å²) in [5.41, 5.74) is 1.40. The molecule has 14 heteroatoms. The second-order valence-electron chi connectivity index (χ2n) is 7.83. The molecule has 8 nitrogen and oxygen atoms in total. The predicted molar refractivity (Wildman–Crippen MR) is 137 cm³/mol. The Hall–Kier alpha value is -1.74. The third kappa shape index (κ3) is 6.73. The van der Waals surface area contributed by atoms with Crippen molar-refractivity contribution in [1.29, 1.82) is 0 Å². The molecule has 0 fully saturated rings. The predicted octanol–water partition coefficient (Wildman–Crippen LogP) is 4.45. The van der Waals surface area contributed by atoms with Crippen molar-refractivity contribution in [1.82, 2.24) is 0 Å². The standard InChI is InChI=1S/C21H20ClFN2O6S4/c22-14-3-5-18-16(11-14)24(7-1-9-34(26,27)28)20(32-18)13-21-25(8-2-10-35(29,30)31)17-12-15(23)4-6-19(17)33-21/h3-6,11-13H,1-2,7-10H2,(H-,26,27,28,29,30,31)/p+1. The number of thiazole rings is 1. The van der Waals surface area contributed by atoms with E-state index in [1.807, 2.05) is 16.7 Å². The van der Waals surface area contributed by atoms with E-state index in [1.54, 1.807) is 23.1 Å². The van der Waals surface area contributed by atoms with Crippen molar-refractivity contribution in [3.63, 3.8) is 0 Å². The average molecular weight is 580 g/mol. The Kier molecular flexibility index (Phi) is 7.77. The number of halogens is 2. The number of hydrogen-bond donors (Lipinski definition) is 2. The topological polar surface area (TPSA) is 116 Å². The van der Waals surface area contributed by atoms with Gasteiger partial charge in [-0.3, -0.25) is 9.11 Å². The van der Waals surface area contributed by atoms with Crippen molar-refractivity contribution in [2.75, 3.05) is 23.0 Å². The number of aryl methyl sites for hydroxylation is 1. The van der Waals surface area contributed by atoms with E-state index in [0.717, 1.165) is 25.1 Å². The molecule has 0 unspecified atom stereocenters. The number of anilines is 1. The number of rotatable bonds is 9. The summed E-state index contributed by atoms with van der Waals surface area (Å²) in [6.45, 7) is 0.531. The van der Waals surface area contributed by atoms with Crippen molar-refractivity contribution in [3.05, 3.63) is 57.3 Å². The molecule has 0 saturated carbocycles. The van der Waals surface area contributed by atoms with Crippen molar-refractivity contribution in [2.24, 2.45) is 0 Å². The Morgan fingerprint density at radius 1 is 1.03 bits per heavy atom. The summed E-state index contributed by atoms with van der Waals surface area (Å²) in [6, 6.07) is 9.77. The van der Waals surface area contributed by atoms with E-state index in [9.17, 15) is 21.2 Å². The Bertz CT molecular complexity index is 1520. The lowest BCUT2D eigenvalue weighted by atomic mass is 10.2. The normalized spacial score (nSPS) is 15.3. The summed E-state index contributed by atoms with van der Waals surface area (Å²) >= 11 is 9.04. The van der Waals surface area contributed by atoms with Crippen LogP contribution in [0.3, 0.4) is 0 Å².